The Morgan fingerprint density at radius 1 is 0.938 bits per heavy atom. The summed E-state index contributed by atoms with van der Waals surface area (Å²) in [5, 5.41) is 7.01. The fourth-order valence-electron chi connectivity index (χ4n) is 3.61. The third-order valence-electron chi connectivity index (χ3n) is 5.29. The average molecular weight is 472 g/mol. The lowest BCUT2D eigenvalue weighted by molar-refractivity contribution is -0.119. The zero-order valence-electron chi connectivity index (χ0n) is 17.4. The monoisotopic (exact) mass is 471 g/mol. The van der Waals surface area contributed by atoms with E-state index in [1.807, 2.05) is 29.2 Å². The van der Waals surface area contributed by atoms with Crippen molar-refractivity contribution < 1.29 is 14.0 Å². The molecule has 2 heterocycles. The van der Waals surface area contributed by atoms with E-state index in [4.69, 9.17) is 27.6 Å². The van der Waals surface area contributed by atoms with E-state index >= 15 is 0 Å². The molecule has 1 fully saturated rings. The number of benzene rings is 2. The Morgan fingerprint density at radius 3 is 2.41 bits per heavy atom. The van der Waals surface area contributed by atoms with Crippen LogP contribution in [0.4, 0.5) is 5.69 Å². The molecular formula is C24H23Cl2N3O3. The molecule has 3 aromatic rings. The number of likely N-dealkylation sites (tertiary alicyclic amines) is 1. The van der Waals surface area contributed by atoms with Crippen LogP contribution in [0.15, 0.2) is 59.0 Å². The zero-order chi connectivity index (χ0) is 22.5. The molecule has 0 bridgehead atoms. The Balaban J connectivity index is 1.33. The lowest BCUT2D eigenvalue weighted by Crippen LogP contribution is -2.31. The van der Waals surface area contributed by atoms with E-state index < -0.39 is 0 Å². The SMILES string of the molecule is O=C(CNc1cc(Cl)ccc1C(=O)N1CCCC1)NCc1ccc(-c2ccc(Cl)cc2)o1. The normalized spacial score (nSPS) is 13.2. The maximum absolute atomic E-state index is 12.8. The quantitative estimate of drug-likeness (QED) is 0.495. The largest absolute Gasteiger partial charge is 0.459 e. The Kier molecular flexibility index (Phi) is 7.02. The Hall–Kier alpha value is -2.96. The average Bonchev–Trinajstić information content (AvgIpc) is 3.49. The van der Waals surface area contributed by atoms with Gasteiger partial charge in [0.15, 0.2) is 0 Å². The van der Waals surface area contributed by atoms with Crippen molar-refractivity contribution in [2.24, 2.45) is 0 Å². The number of rotatable bonds is 7. The van der Waals surface area contributed by atoms with Gasteiger partial charge in [0.25, 0.3) is 5.91 Å². The molecule has 1 aliphatic heterocycles. The molecule has 0 aliphatic carbocycles. The highest BCUT2D eigenvalue weighted by atomic mass is 35.5. The van der Waals surface area contributed by atoms with Gasteiger partial charge >= 0.3 is 0 Å². The molecule has 1 aromatic heterocycles. The second-order valence-corrected chi connectivity index (χ2v) is 8.47. The van der Waals surface area contributed by atoms with Gasteiger partial charge in [-0.25, -0.2) is 0 Å². The van der Waals surface area contributed by atoms with Gasteiger partial charge in [0.1, 0.15) is 11.5 Å². The van der Waals surface area contributed by atoms with Crippen LogP contribution in [0, 0.1) is 0 Å². The smallest absolute Gasteiger partial charge is 0.255 e. The fourth-order valence-corrected chi connectivity index (χ4v) is 3.90. The lowest BCUT2D eigenvalue weighted by Gasteiger charge is -2.18. The molecule has 0 spiro atoms. The molecule has 166 valence electrons. The molecule has 2 aromatic carbocycles. The molecule has 0 saturated carbocycles. The van der Waals surface area contributed by atoms with Gasteiger partial charge in [-0.2, -0.15) is 0 Å². The molecule has 6 nitrogen and oxygen atoms in total. The Labute approximate surface area is 196 Å². The molecule has 2 N–H and O–H groups in total. The molecule has 1 aliphatic rings. The van der Waals surface area contributed by atoms with Crippen LogP contribution in [-0.2, 0) is 11.3 Å². The van der Waals surface area contributed by atoms with Crippen molar-refractivity contribution >= 4 is 40.7 Å². The van der Waals surface area contributed by atoms with Crippen LogP contribution in [-0.4, -0.2) is 36.3 Å². The van der Waals surface area contributed by atoms with Crippen molar-refractivity contribution in [3.05, 3.63) is 76.0 Å². The van der Waals surface area contributed by atoms with Gasteiger partial charge < -0.3 is 20.0 Å². The van der Waals surface area contributed by atoms with Gasteiger partial charge in [0.2, 0.25) is 5.91 Å². The number of halogens is 2. The first-order chi connectivity index (χ1) is 15.5. The summed E-state index contributed by atoms with van der Waals surface area (Å²) in [4.78, 5) is 27.0. The van der Waals surface area contributed by atoms with Crippen molar-refractivity contribution in [3.63, 3.8) is 0 Å². The van der Waals surface area contributed by atoms with Crippen LogP contribution in [0.25, 0.3) is 11.3 Å². The van der Waals surface area contributed by atoms with Gasteiger partial charge in [-0.3, -0.25) is 9.59 Å². The standard InChI is InChI=1S/C24H23Cl2N3O3/c25-17-5-3-16(4-6-17)22-10-8-19(32-22)14-28-23(30)15-27-21-13-18(26)7-9-20(21)24(31)29-11-1-2-12-29/h3-10,13,27H,1-2,11-12,14-15H2,(H,28,30). The summed E-state index contributed by atoms with van der Waals surface area (Å²) in [5.74, 6) is 1.06. The van der Waals surface area contributed by atoms with Crippen LogP contribution in [0.3, 0.4) is 0 Å². The maximum atomic E-state index is 12.8. The summed E-state index contributed by atoms with van der Waals surface area (Å²) in [5.41, 5.74) is 1.97. The van der Waals surface area contributed by atoms with Crippen LogP contribution in [0.5, 0.6) is 0 Å². The summed E-state index contributed by atoms with van der Waals surface area (Å²) in [6.07, 6.45) is 2.02. The molecule has 1 saturated heterocycles. The van der Waals surface area contributed by atoms with E-state index in [1.165, 1.54) is 0 Å². The number of hydrogen-bond acceptors (Lipinski definition) is 4. The molecule has 0 radical (unpaired) electrons. The van der Waals surface area contributed by atoms with Gasteiger partial charge in [0, 0.05) is 34.4 Å². The molecule has 0 unspecified atom stereocenters. The van der Waals surface area contributed by atoms with E-state index in [2.05, 4.69) is 10.6 Å². The van der Waals surface area contributed by atoms with Gasteiger partial charge in [-0.1, -0.05) is 23.2 Å². The summed E-state index contributed by atoms with van der Waals surface area (Å²) in [6.45, 7) is 1.76. The van der Waals surface area contributed by atoms with Crippen molar-refractivity contribution in [2.45, 2.75) is 19.4 Å². The summed E-state index contributed by atoms with van der Waals surface area (Å²) < 4.78 is 5.80. The second-order valence-electron chi connectivity index (χ2n) is 7.59. The Morgan fingerprint density at radius 2 is 1.66 bits per heavy atom. The zero-order valence-corrected chi connectivity index (χ0v) is 18.9. The predicted octanol–water partition coefficient (Wildman–Crippen LogP) is 5.22. The highest BCUT2D eigenvalue weighted by Gasteiger charge is 2.22. The molecule has 4 rings (SSSR count). The highest BCUT2D eigenvalue weighted by Crippen LogP contribution is 2.25. The number of hydrogen-bond donors (Lipinski definition) is 2. The molecule has 32 heavy (non-hydrogen) atoms. The lowest BCUT2D eigenvalue weighted by atomic mass is 10.1. The van der Waals surface area contributed by atoms with Gasteiger partial charge in [0.05, 0.1) is 18.7 Å². The number of anilines is 1. The van der Waals surface area contributed by atoms with Crippen molar-refractivity contribution in [1.82, 2.24) is 10.2 Å². The number of carbonyl (C=O) groups excluding carboxylic acids is 2. The topological polar surface area (TPSA) is 74.6 Å². The number of furan rings is 1. The minimum atomic E-state index is -0.228. The van der Waals surface area contributed by atoms with Crippen LogP contribution in [0.2, 0.25) is 10.0 Å². The first-order valence-corrected chi connectivity index (χ1v) is 11.2. The molecular weight excluding hydrogens is 449 g/mol. The third kappa shape index (κ3) is 5.44. The second kappa shape index (κ2) is 10.1. The van der Waals surface area contributed by atoms with Crippen LogP contribution < -0.4 is 10.6 Å². The molecule has 0 atom stereocenters. The van der Waals surface area contributed by atoms with Crippen LogP contribution >= 0.6 is 23.2 Å². The van der Waals surface area contributed by atoms with Crippen molar-refractivity contribution in [2.75, 3.05) is 25.0 Å². The van der Waals surface area contributed by atoms with E-state index in [-0.39, 0.29) is 24.9 Å². The third-order valence-corrected chi connectivity index (χ3v) is 5.78. The van der Waals surface area contributed by atoms with Crippen molar-refractivity contribution in [3.8, 4) is 11.3 Å². The van der Waals surface area contributed by atoms with Gasteiger partial charge in [-0.15, -0.1) is 0 Å². The summed E-state index contributed by atoms with van der Waals surface area (Å²) >= 11 is 12.0. The van der Waals surface area contributed by atoms with E-state index in [9.17, 15) is 9.59 Å². The first-order valence-electron chi connectivity index (χ1n) is 10.4. The van der Waals surface area contributed by atoms with E-state index in [1.54, 1.807) is 30.3 Å². The minimum absolute atomic E-state index is 0.00533. The highest BCUT2D eigenvalue weighted by molar-refractivity contribution is 6.31. The fraction of sp³-hybridized carbons (Fsp3) is 0.250. The van der Waals surface area contributed by atoms with E-state index in [0.29, 0.717) is 32.8 Å². The predicted molar refractivity (Wildman–Crippen MR) is 126 cm³/mol. The van der Waals surface area contributed by atoms with Crippen molar-refractivity contribution in [1.29, 1.82) is 0 Å². The number of carbonyl (C=O) groups is 2. The number of nitrogens with zero attached hydrogens (tertiary/aromatic N) is 1. The van der Waals surface area contributed by atoms with Gasteiger partial charge in [-0.05, 0) is 67.4 Å². The first kappa shape index (κ1) is 22.2. The maximum Gasteiger partial charge on any atom is 0.255 e. The summed E-state index contributed by atoms with van der Waals surface area (Å²) in [7, 11) is 0. The number of amides is 2. The summed E-state index contributed by atoms with van der Waals surface area (Å²) in [6, 6.07) is 16.1. The number of nitrogens with one attached hydrogen (secondary N) is 2. The molecule has 8 heteroatoms. The molecule has 2 amide bonds. The van der Waals surface area contributed by atoms with E-state index in [0.717, 1.165) is 31.5 Å². The van der Waals surface area contributed by atoms with Crippen LogP contribution in [0.1, 0.15) is 29.0 Å². The Bertz CT molecular complexity index is 1110. The minimum Gasteiger partial charge on any atom is -0.459 e.